The van der Waals surface area contributed by atoms with E-state index in [9.17, 15) is 4.79 Å². The topological polar surface area (TPSA) is 61.5 Å². The minimum Gasteiger partial charge on any atom is -0.379 e. The largest absolute Gasteiger partial charge is 0.379 e. The van der Waals surface area contributed by atoms with Crippen molar-refractivity contribution in [3.63, 3.8) is 0 Å². The normalized spacial score (nSPS) is 24.2. The van der Waals surface area contributed by atoms with Crippen molar-refractivity contribution < 1.29 is 9.53 Å². The van der Waals surface area contributed by atoms with Crippen molar-refractivity contribution in [1.29, 1.82) is 0 Å². The standard InChI is InChI=1S/C15H24N4O2/c1-12-9-16-15(17-12)13-3-2-4-19(10-13)14(20)11-18-5-7-21-8-6-18/h9,13H,2-8,10-11H2,1H3,(H,16,17)/t13-/m0/s1. The van der Waals surface area contributed by atoms with E-state index in [0.29, 0.717) is 12.5 Å². The number of carbonyl (C=O) groups excluding carboxylic acids is 1. The van der Waals surface area contributed by atoms with Crippen molar-refractivity contribution in [2.75, 3.05) is 45.9 Å². The van der Waals surface area contributed by atoms with Gasteiger partial charge in [-0.25, -0.2) is 4.98 Å². The smallest absolute Gasteiger partial charge is 0.236 e. The molecule has 0 aromatic carbocycles. The number of aromatic amines is 1. The molecule has 2 saturated heterocycles. The Morgan fingerprint density at radius 1 is 1.43 bits per heavy atom. The van der Waals surface area contributed by atoms with Crippen LogP contribution in [0.15, 0.2) is 6.20 Å². The monoisotopic (exact) mass is 292 g/mol. The molecule has 0 radical (unpaired) electrons. The van der Waals surface area contributed by atoms with Gasteiger partial charge in [-0.2, -0.15) is 0 Å². The van der Waals surface area contributed by atoms with Gasteiger partial charge in [-0.1, -0.05) is 0 Å². The van der Waals surface area contributed by atoms with Crippen LogP contribution in [0.25, 0.3) is 0 Å². The average Bonchev–Trinajstić information content (AvgIpc) is 2.95. The van der Waals surface area contributed by atoms with E-state index in [-0.39, 0.29) is 5.91 Å². The summed E-state index contributed by atoms with van der Waals surface area (Å²) in [5.74, 6) is 1.61. The Balaban J connectivity index is 1.56. The van der Waals surface area contributed by atoms with Crippen molar-refractivity contribution >= 4 is 5.91 Å². The number of rotatable bonds is 3. The third-order valence-corrected chi connectivity index (χ3v) is 4.35. The second-order valence-electron chi connectivity index (χ2n) is 6.02. The Morgan fingerprint density at radius 2 is 2.24 bits per heavy atom. The summed E-state index contributed by atoms with van der Waals surface area (Å²) in [6.45, 7) is 7.40. The molecule has 0 unspecified atom stereocenters. The first-order valence-corrected chi connectivity index (χ1v) is 7.82. The lowest BCUT2D eigenvalue weighted by atomic mass is 9.97. The van der Waals surface area contributed by atoms with Crippen LogP contribution in [0.5, 0.6) is 0 Å². The highest BCUT2D eigenvalue weighted by atomic mass is 16.5. The first kappa shape index (κ1) is 14.5. The van der Waals surface area contributed by atoms with Crippen molar-refractivity contribution in [2.24, 2.45) is 0 Å². The fourth-order valence-electron chi connectivity index (χ4n) is 3.12. The molecule has 1 aromatic heterocycles. The van der Waals surface area contributed by atoms with Gasteiger partial charge >= 0.3 is 0 Å². The van der Waals surface area contributed by atoms with E-state index in [1.54, 1.807) is 0 Å². The maximum atomic E-state index is 12.5. The van der Waals surface area contributed by atoms with Gasteiger partial charge in [-0.05, 0) is 19.8 Å². The summed E-state index contributed by atoms with van der Waals surface area (Å²) in [7, 11) is 0. The Hall–Kier alpha value is -1.40. The van der Waals surface area contributed by atoms with Crippen LogP contribution >= 0.6 is 0 Å². The summed E-state index contributed by atoms with van der Waals surface area (Å²) in [4.78, 5) is 24.4. The first-order chi connectivity index (χ1) is 10.2. The van der Waals surface area contributed by atoms with Crippen LogP contribution in [0.2, 0.25) is 0 Å². The minimum atomic E-state index is 0.241. The first-order valence-electron chi connectivity index (χ1n) is 7.82. The number of aryl methyl sites for hydroxylation is 1. The molecule has 0 spiro atoms. The van der Waals surface area contributed by atoms with Crippen LogP contribution in [0, 0.1) is 6.92 Å². The molecule has 3 heterocycles. The maximum Gasteiger partial charge on any atom is 0.236 e. The summed E-state index contributed by atoms with van der Waals surface area (Å²) in [5, 5.41) is 0. The van der Waals surface area contributed by atoms with Gasteiger partial charge in [-0.3, -0.25) is 9.69 Å². The average molecular weight is 292 g/mol. The molecular weight excluding hydrogens is 268 g/mol. The lowest BCUT2D eigenvalue weighted by molar-refractivity contribution is -0.134. The molecule has 116 valence electrons. The van der Waals surface area contributed by atoms with Crippen LogP contribution in [-0.4, -0.2) is 71.6 Å². The second-order valence-corrected chi connectivity index (χ2v) is 6.02. The summed E-state index contributed by atoms with van der Waals surface area (Å²) in [6, 6.07) is 0. The predicted molar refractivity (Wildman–Crippen MR) is 79.1 cm³/mol. The number of hydrogen-bond donors (Lipinski definition) is 1. The third-order valence-electron chi connectivity index (χ3n) is 4.35. The zero-order chi connectivity index (χ0) is 14.7. The molecule has 2 aliphatic rings. The summed E-state index contributed by atoms with van der Waals surface area (Å²) < 4.78 is 5.32. The summed E-state index contributed by atoms with van der Waals surface area (Å²) >= 11 is 0. The number of ether oxygens (including phenoxy) is 1. The highest BCUT2D eigenvalue weighted by Gasteiger charge is 2.27. The van der Waals surface area contributed by atoms with Gasteiger partial charge in [0.15, 0.2) is 0 Å². The number of aromatic nitrogens is 2. The van der Waals surface area contributed by atoms with Gasteiger partial charge in [0.25, 0.3) is 0 Å². The van der Waals surface area contributed by atoms with E-state index in [1.807, 2.05) is 18.0 Å². The van der Waals surface area contributed by atoms with E-state index in [1.165, 1.54) is 0 Å². The van der Waals surface area contributed by atoms with E-state index in [2.05, 4.69) is 14.9 Å². The highest BCUT2D eigenvalue weighted by Crippen LogP contribution is 2.24. The summed E-state index contributed by atoms with van der Waals surface area (Å²) in [5.41, 5.74) is 1.08. The molecule has 6 heteroatoms. The highest BCUT2D eigenvalue weighted by molar-refractivity contribution is 5.78. The number of carbonyl (C=O) groups is 1. The van der Waals surface area contributed by atoms with Gasteiger partial charge in [0.2, 0.25) is 5.91 Å². The number of H-pyrrole nitrogens is 1. The van der Waals surface area contributed by atoms with E-state index >= 15 is 0 Å². The number of amides is 1. The Bertz CT molecular complexity index is 482. The lowest BCUT2D eigenvalue weighted by Crippen LogP contribution is -2.47. The zero-order valence-electron chi connectivity index (χ0n) is 12.7. The van der Waals surface area contributed by atoms with Crippen LogP contribution in [0.4, 0.5) is 0 Å². The molecule has 21 heavy (non-hydrogen) atoms. The maximum absolute atomic E-state index is 12.5. The molecule has 2 fully saturated rings. The second kappa shape index (κ2) is 6.58. The molecular formula is C15H24N4O2. The molecule has 0 aliphatic carbocycles. The molecule has 0 bridgehead atoms. The van der Waals surface area contributed by atoms with Gasteiger partial charge in [0.1, 0.15) is 5.82 Å². The molecule has 6 nitrogen and oxygen atoms in total. The zero-order valence-corrected chi connectivity index (χ0v) is 12.7. The van der Waals surface area contributed by atoms with Crippen molar-refractivity contribution in [1.82, 2.24) is 19.8 Å². The number of morpholine rings is 1. The van der Waals surface area contributed by atoms with Gasteiger partial charge in [0.05, 0.1) is 19.8 Å². The van der Waals surface area contributed by atoms with Crippen molar-refractivity contribution in [2.45, 2.75) is 25.7 Å². The van der Waals surface area contributed by atoms with Crippen molar-refractivity contribution in [3.8, 4) is 0 Å². The number of hydrogen-bond acceptors (Lipinski definition) is 4. The lowest BCUT2D eigenvalue weighted by Gasteiger charge is -2.34. The number of nitrogens with zero attached hydrogens (tertiary/aromatic N) is 3. The molecule has 2 aliphatic heterocycles. The number of likely N-dealkylation sites (tertiary alicyclic amines) is 1. The van der Waals surface area contributed by atoms with Crippen LogP contribution in [0.1, 0.15) is 30.3 Å². The summed E-state index contributed by atoms with van der Waals surface area (Å²) in [6.07, 6.45) is 4.03. The van der Waals surface area contributed by atoms with Crippen LogP contribution in [-0.2, 0) is 9.53 Å². The number of imidazole rings is 1. The predicted octanol–water partition coefficient (Wildman–Crippen LogP) is 0.756. The fraction of sp³-hybridized carbons (Fsp3) is 0.733. The number of nitrogens with one attached hydrogen (secondary N) is 1. The quantitative estimate of drug-likeness (QED) is 0.893. The van der Waals surface area contributed by atoms with Gasteiger partial charge in [0, 0.05) is 44.0 Å². The Labute approximate surface area is 125 Å². The molecule has 1 aromatic rings. The van der Waals surface area contributed by atoms with E-state index < -0.39 is 0 Å². The van der Waals surface area contributed by atoms with E-state index in [4.69, 9.17) is 4.74 Å². The Kier molecular flexibility index (Phi) is 4.55. The molecule has 1 atom stereocenters. The van der Waals surface area contributed by atoms with Crippen molar-refractivity contribution in [3.05, 3.63) is 17.7 Å². The van der Waals surface area contributed by atoms with Crippen LogP contribution < -0.4 is 0 Å². The van der Waals surface area contributed by atoms with Gasteiger partial charge in [-0.15, -0.1) is 0 Å². The molecule has 0 saturated carbocycles. The molecule has 3 rings (SSSR count). The Morgan fingerprint density at radius 3 is 2.95 bits per heavy atom. The fourth-order valence-corrected chi connectivity index (χ4v) is 3.12. The number of piperidine rings is 1. The van der Waals surface area contributed by atoms with Gasteiger partial charge < -0.3 is 14.6 Å². The minimum absolute atomic E-state index is 0.241. The molecule has 1 amide bonds. The van der Waals surface area contributed by atoms with Crippen LogP contribution in [0.3, 0.4) is 0 Å². The SMILES string of the molecule is Cc1cnc([C@H]2CCCN(C(=O)CN3CCOCC3)C2)[nH]1. The molecule has 1 N–H and O–H groups in total. The third kappa shape index (κ3) is 3.63. The van der Waals surface area contributed by atoms with E-state index in [0.717, 1.165) is 63.8 Å².